The van der Waals surface area contributed by atoms with Crippen molar-refractivity contribution in [1.82, 2.24) is 4.98 Å². The summed E-state index contributed by atoms with van der Waals surface area (Å²) in [4.78, 5) is 4.05. The van der Waals surface area contributed by atoms with Crippen molar-refractivity contribution in [3.8, 4) is 11.6 Å². The number of nitrogens with one attached hydrogen (secondary N) is 1. The van der Waals surface area contributed by atoms with E-state index in [4.69, 9.17) is 39.5 Å². The van der Waals surface area contributed by atoms with E-state index in [9.17, 15) is 4.39 Å². The van der Waals surface area contributed by atoms with Gasteiger partial charge in [0.1, 0.15) is 10.8 Å². The number of halogens is 4. The summed E-state index contributed by atoms with van der Waals surface area (Å²) in [5.41, 5.74) is 0. The molecule has 2 rings (SSSR count). The van der Waals surface area contributed by atoms with Crippen LogP contribution in [0, 0.1) is 5.82 Å². The summed E-state index contributed by atoms with van der Waals surface area (Å²) in [6.45, 7) is 0. The molecular formula is C12H8Cl3FN2O. The number of anilines is 1. The molecule has 0 saturated heterocycles. The van der Waals surface area contributed by atoms with E-state index in [2.05, 4.69) is 10.3 Å². The van der Waals surface area contributed by atoms with Crippen LogP contribution in [0.5, 0.6) is 11.6 Å². The fourth-order valence-electron chi connectivity index (χ4n) is 1.36. The van der Waals surface area contributed by atoms with Crippen molar-refractivity contribution in [3.05, 3.63) is 45.2 Å². The summed E-state index contributed by atoms with van der Waals surface area (Å²) >= 11 is 17.5. The first-order valence-electron chi connectivity index (χ1n) is 5.18. The normalized spacial score (nSPS) is 10.4. The lowest BCUT2D eigenvalue weighted by Crippen LogP contribution is -1.98. The number of rotatable bonds is 3. The van der Waals surface area contributed by atoms with Gasteiger partial charge in [-0.3, -0.25) is 0 Å². The minimum Gasteiger partial charge on any atom is -0.434 e. The minimum atomic E-state index is -0.678. The summed E-state index contributed by atoms with van der Waals surface area (Å²) in [7, 11) is 1.64. The number of nitrogens with zero attached hydrogens (tertiary/aromatic N) is 1. The first-order chi connectivity index (χ1) is 9.02. The topological polar surface area (TPSA) is 34.2 Å². The fourth-order valence-corrected chi connectivity index (χ4v) is 2.02. The quantitative estimate of drug-likeness (QED) is 0.862. The lowest BCUT2D eigenvalue weighted by atomic mass is 10.3. The maximum Gasteiger partial charge on any atom is 0.240 e. The lowest BCUT2D eigenvalue weighted by molar-refractivity contribution is 0.428. The van der Waals surface area contributed by atoms with Crippen molar-refractivity contribution in [2.45, 2.75) is 0 Å². The Kier molecular flexibility index (Phi) is 4.34. The van der Waals surface area contributed by atoms with Crippen LogP contribution in [0.4, 0.5) is 10.2 Å². The van der Waals surface area contributed by atoms with E-state index in [1.54, 1.807) is 13.1 Å². The molecule has 1 heterocycles. The lowest BCUT2D eigenvalue weighted by Gasteiger charge is -2.10. The van der Waals surface area contributed by atoms with Crippen molar-refractivity contribution in [1.29, 1.82) is 0 Å². The number of pyridine rings is 1. The highest BCUT2D eigenvalue weighted by molar-refractivity contribution is 6.36. The second-order valence-electron chi connectivity index (χ2n) is 3.51. The van der Waals surface area contributed by atoms with E-state index in [0.29, 0.717) is 10.8 Å². The Hall–Kier alpha value is -1.23. The zero-order valence-electron chi connectivity index (χ0n) is 9.68. The van der Waals surface area contributed by atoms with Gasteiger partial charge in [0.15, 0.2) is 11.6 Å². The smallest absolute Gasteiger partial charge is 0.240 e. The van der Waals surface area contributed by atoms with Gasteiger partial charge in [0.25, 0.3) is 0 Å². The van der Waals surface area contributed by atoms with Crippen molar-refractivity contribution >= 4 is 40.6 Å². The SMILES string of the molecule is CNc1nc(Oc2cccc(Cl)c2F)c(Cl)cc1Cl. The molecule has 0 bridgehead atoms. The summed E-state index contributed by atoms with van der Waals surface area (Å²) in [6.07, 6.45) is 0. The zero-order chi connectivity index (χ0) is 14.0. The van der Waals surface area contributed by atoms with Gasteiger partial charge in [0, 0.05) is 7.05 Å². The van der Waals surface area contributed by atoms with Crippen LogP contribution >= 0.6 is 34.8 Å². The zero-order valence-corrected chi connectivity index (χ0v) is 11.9. The van der Waals surface area contributed by atoms with Crippen LogP contribution in [0.3, 0.4) is 0 Å². The minimum absolute atomic E-state index is 0.0385. The maximum atomic E-state index is 13.7. The highest BCUT2D eigenvalue weighted by Gasteiger charge is 2.14. The van der Waals surface area contributed by atoms with Gasteiger partial charge in [0.2, 0.25) is 5.88 Å². The van der Waals surface area contributed by atoms with E-state index in [-0.39, 0.29) is 21.7 Å². The summed E-state index contributed by atoms with van der Waals surface area (Å²) in [6, 6.07) is 5.86. The molecule has 1 aromatic heterocycles. The second-order valence-corrected chi connectivity index (χ2v) is 4.73. The van der Waals surface area contributed by atoms with E-state index < -0.39 is 5.82 Å². The number of ether oxygens (including phenoxy) is 1. The number of benzene rings is 1. The maximum absolute atomic E-state index is 13.7. The van der Waals surface area contributed by atoms with Crippen molar-refractivity contribution in [2.75, 3.05) is 12.4 Å². The second kappa shape index (κ2) is 5.82. The van der Waals surface area contributed by atoms with Crippen LogP contribution < -0.4 is 10.1 Å². The molecule has 0 saturated carbocycles. The Morgan fingerprint density at radius 3 is 2.58 bits per heavy atom. The third kappa shape index (κ3) is 3.03. The number of hydrogen-bond acceptors (Lipinski definition) is 3. The Labute approximate surface area is 124 Å². The summed E-state index contributed by atoms with van der Waals surface area (Å²) in [5.74, 6) is -0.325. The van der Waals surface area contributed by atoms with Gasteiger partial charge in [-0.05, 0) is 18.2 Å². The third-order valence-corrected chi connectivity index (χ3v) is 3.11. The van der Waals surface area contributed by atoms with Crippen molar-refractivity contribution in [2.24, 2.45) is 0 Å². The molecular weight excluding hydrogens is 314 g/mol. The number of aromatic nitrogens is 1. The Morgan fingerprint density at radius 2 is 1.89 bits per heavy atom. The molecule has 0 aliphatic rings. The molecule has 0 amide bonds. The Balaban J connectivity index is 2.41. The average Bonchev–Trinajstić information content (AvgIpc) is 2.38. The molecule has 3 nitrogen and oxygen atoms in total. The molecule has 0 unspecified atom stereocenters. The van der Waals surface area contributed by atoms with Crippen molar-refractivity contribution in [3.63, 3.8) is 0 Å². The molecule has 0 spiro atoms. The fraction of sp³-hybridized carbons (Fsp3) is 0.0833. The standard InChI is InChI=1S/C12H8Cl3FN2O/c1-17-11-7(14)5-8(15)12(18-11)19-9-4-2-3-6(13)10(9)16/h2-5H,1H3,(H,17,18). The molecule has 19 heavy (non-hydrogen) atoms. The molecule has 0 aliphatic carbocycles. The van der Waals surface area contributed by atoms with Crippen molar-refractivity contribution < 1.29 is 9.13 Å². The van der Waals surface area contributed by atoms with Gasteiger partial charge in [-0.25, -0.2) is 4.39 Å². The third-order valence-electron chi connectivity index (χ3n) is 2.26. The van der Waals surface area contributed by atoms with Crippen LogP contribution in [0.2, 0.25) is 15.1 Å². The summed E-state index contributed by atoms with van der Waals surface area (Å²) < 4.78 is 19.0. The molecule has 7 heteroatoms. The molecule has 100 valence electrons. The molecule has 0 fully saturated rings. The molecule has 2 aromatic rings. The van der Waals surface area contributed by atoms with Gasteiger partial charge in [-0.2, -0.15) is 4.98 Å². The largest absolute Gasteiger partial charge is 0.434 e. The van der Waals surface area contributed by atoms with Crippen LogP contribution in [0.25, 0.3) is 0 Å². The predicted molar refractivity (Wildman–Crippen MR) is 75.3 cm³/mol. The van der Waals surface area contributed by atoms with Crippen LogP contribution in [0.15, 0.2) is 24.3 Å². The summed E-state index contributed by atoms with van der Waals surface area (Å²) in [5, 5.41) is 3.24. The van der Waals surface area contributed by atoms with Crippen LogP contribution in [-0.2, 0) is 0 Å². The molecule has 0 aliphatic heterocycles. The Bertz CT molecular complexity index is 622. The van der Waals surface area contributed by atoms with Crippen LogP contribution in [0.1, 0.15) is 0 Å². The van der Waals surface area contributed by atoms with Gasteiger partial charge in [-0.15, -0.1) is 0 Å². The Morgan fingerprint density at radius 1 is 1.16 bits per heavy atom. The van der Waals surface area contributed by atoms with Gasteiger partial charge in [0.05, 0.1) is 10.0 Å². The van der Waals surface area contributed by atoms with Gasteiger partial charge in [-0.1, -0.05) is 40.9 Å². The van der Waals surface area contributed by atoms with E-state index in [0.717, 1.165) is 0 Å². The van der Waals surface area contributed by atoms with Gasteiger partial charge >= 0.3 is 0 Å². The monoisotopic (exact) mass is 320 g/mol. The molecule has 0 atom stereocenters. The molecule has 0 radical (unpaired) electrons. The van der Waals surface area contributed by atoms with Crippen LogP contribution in [-0.4, -0.2) is 12.0 Å². The number of hydrogen-bond donors (Lipinski definition) is 1. The average molecular weight is 322 g/mol. The van der Waals surface area contributed by atoms with E-state index >= 15 is 0 Å². The van der Waals surface area contributed by atoms with E-state index in [1.807, 2.05) is 0 Å². The predicted octanol–water partition coefficient (Wildman–Crippen LogP) is 5.01. The first-order valence-corrected chi connectivity index (χ1v) is 6.32. The van der Waals surface area contributed by atoms with Gasteiger partial charge < -0.3 is 10.1 Å². The highest BCUT2D eigenvalue weighted by atomic mass is 35.5. The first kappa shape index (κ1) is 14.2. The highest BCUT2D eigenvalue weighted by Crippen LogP contribution is 2.35. The van der Waals surface area contributed by atoms with E-state index in [1.165, 1.54) is 18.2 Å². The molecule has 1 aromatic carbocycles. The molecule has 1 N–H and O–H groups in total.